The molecule has 5 nitrogen and oxygen atoms in total. The van der Waals surface area contributed by atoms with Crippen LogP contribution in [0.25, 0.3) is 0 Å². The zero-order valence-corrected chi connectivity index (χ0v) is 19.1. The van der Waals surface area contributed by atoms with E-state index >= 15 is 0 Å². The zero-order chi connectivity index (χ0) is 22.5. The molecule has 1 heterocycles. The Morgan fingerprint density at radius 2 is 1.81 bits per heavy atom. The molecule has 1 N–H and O–H groups in total. The van der Waals surface area contributed by atoms with E-state index in [1.54, 1.807) is 11.9 Å². The van der Waals surface area contributed by atoms with Crippen molar-refractivity contribution in [3.8, 4) is 0 Å². The Morgan fingerprint density at radius 1 is 1.09 bits per heavy atom. The van der Waals surface area contributed by atoms with Crippen LogP contribution in [-0.4, -0.2) is 30.7 Å². The summed E-state index contributed by atoms with van der Waals surface area (Å²) in [5.41, 5.74) is 3.35. The lowest BCUT2D eigenvalue weighted by atomic mass is 9.94. The van der Waals surface area contributed by atoms with Crippen LogP contribution in [0.2, 0.25) is 0 Å². The SMILES string of the molecule is CCCCC[C@H](CC1CC1)C(=O)N[C@H]1N=C(c2ccccc2)c2ccccc2N(C)C1=O. The summed E-state index contributed by atoms with van der Waals surface area (Å²) in [6.07, 6.45) is 6.61. The number of anilines is 1. The van der Waals surface area contributed by atoms with Gasteiger partial charge in [-0.05, 0) is 24.8 Å². The molecular formula is C27H33N3O2. The van der Waals surface area contributed by atoms with E-state index in [4.69, 9.17) is 4.99 Å². The summed E-state index contributed by atoms with van der Waals surface area (Å²) in [5.74, 6) is 0.359. The van der Waals surface area contributed by atoms with Crippen molar-refractivity contribution < 1.29 is 9.59 Å². The summed E-state index contributed by atoms with van der Waals surface area (Å²) in [4.78, 5) is 33.1. The lowest BCUT2D eigenvalue weighted by molar-refractivity contribution is -0.130. The highest BCUT2D eigenvalue weighted by atomic mass is 16.2. The molecule has 1 aliphatic carbocycles. The predicted octanol–water partition coefficient (Wildman–Crippen LogP) is 4.94. The molecule has 0 saturated heterocycles. The highest BCUT2D eigenvalue weighted by Gasteiger charge is 2.34. The molecule has 0 radical (unpaired) electrons. The molecule has 2 aromatic carbocycles. The van der Waals surface area contributed by atoms with E-state index in [1.165, 1.54) is 12.8 Å². The first-order valence-electron chi connectivity index (χ1n) is 11.9. The van der Waals surface area contributed by atoms with Gasteiger partial charge in [-0.1, -0.05) is 87.6 Å². The Hall–Kier alpha value is -2.95. The second-order valence-electron chi connectivity index (χ2n) is 9.04. The number of fused-ring (bicyclic) bond motifs is 1. The van der Waals surface area contributed by atoms with Gasteiger partial charge >= 0.3 is 0 Å². The van der Waals surface area contributed by atoms with Crippen LogP contribution in [0.1, 0.15) is 63.0 Å². The first kappa shape index (κ1) is 22.3. The van der Waals surface area contributed by atoms with Gasteiger partial charge in [-0.15, -0.1) is 0 Å². The number of nitrogens with one attached hydrogen (secondary N) is 1. The first-order valence-corrected chi connectivity index (χ1v) is 11.9. The highest BCUT2D eigenvalue weighted by Crippen LogP contribution is 2.37. The molecule has 168 valence electrons. The number of benzene rings is 2. The molecule has 1 fully saturated rings. The number of rotatable bonds is 9. The molecular weight excluding hydrogens is 398 g/mol. The molecule has 0 bridgehead atoms. The fourth-order valence-corrected chi connectivity index (χ4v) is 4.45. The summed E-state index contributed by atoms with van der Waals surface area (Å²) >= 11 is 0. The number of nitrogens with zero attached hydrogens (tertiary/aromatic N) is 2. The van der Waals surface area contributed by atoms with Gasteiger partial charge in [-0.25, -0.2) is 4.99 Å². The molecule has 0 aromatic heterocycles. The van der Waals surface area contributed by atoms with Crippen molar-refractivity contribution in [3.05, 3.63) is 65.7 Å². The van der Waals surface area contributed by atoms with E-state index in [0.717, 1.165) is 54.6 Å². The average molecular weight is 432 g/mol. The summed E-state index contributed by atoms with van der Waals surface area (Å²) in [6.45, 7) is 2.17. The minimum atomic E-state index is -0.928. The highest BCUT2D eigenvalue weighted by molar-refractivity contribution is 6.20. The molecule has 0 spiro atoms. The van der Waals surface area contributed by atoms with Crippen LogP contribution in [0.15, 0.2) is 59.6 Å². The number of benzodiazepines with no additional fused rings is 1. The van der Waals surface area contributed by atoms with E-state index in [9.17, 15) is 9.59 Å². The quantitative estimate of drug-likeness (QED) is 0.572. The van der Waals surface area contributed by atoms with Crippen LogP contribution in [0.4, 0.5) is 5.69 Å². The second kappa shape index (κ2) is 10.1. The number of unbranched alkanes of at least 4 members (excludes halogenated alkanes) is 2. The standard InChI is InChI=1S/C27H33N3O2/c1-3-4-6-13-21(18-19-16-17-19)26(31)29-25-27(32)30(2)23-15-10-9-14-22(23)24(28-25)20-11-7-5-8-12-20/h5,7-12,14-15,19,21,25H,3-4,6,13,16-18H2,1-2H3,(H,29,31)/t21-,25-/m1/s1. The van der Waals surface area contributed by atoms with Gasteiger partial charge in [0.25, 0.3) is 5.91 Å². The van der Waals surface area contributed by atoms with Gasteiger partial charge in [0, 0.05) is 24.1 Å². The third-order valence-corrected chi connectivity index (χ3v) is 6.51. The first-order chi connectivity index (χ1) is 15.6. The number of hydrogen-bond acceptors (Lipinski definition) is 3. The minimum Gasteiger partial charge on any atom is -0.326 e. The van der Waals surface area contributed by atoms with E-state index in [1.807, 2.05) is 54.6 Å². The van der Waals surface area contributed by atoms with E-state index < -0.39 is 6.17 Å². The van der Waals surface area contributed by atoms with Crippen LogP contribution in [-0.2, 0) is 9.59 Å². The monoisotopic (exact) mass is 431 g/mol. The maximum absolute atomic E-state index is 13.3. The Bertz CT molecular complexity index is 981. The molecule has 1 saturated carbocycles. The van der Waals surface area contributed by atoms with Crippen molar-refractivity contribution in [1.29, 1.82) is 0 Å². The fourth-order valence-electron chi connectivity index (χ4n) is 4.45. The molecule has 2 aromatic rings. The van der Waals surface area contributed by atoms with Gasteiger partial charge < -0.3 is 10.2 Å². The number of para-hydroxylation sites is 1. The third-order valence-electron chi connectivity index (χ3n) is 6.51. The second-order valence-corrected chi connectivity index (χ2v) is 9.04. The molecule has 4 rings (SSSR count). The minimum absolute atomic E-state index is 0.0399. The number of aliphatic imine (C=N–C) groups is 1. The van der Waals surface area contributed by atoms with Gasteiger partial charge in [-0.2, -0.15) is 0 Å². The number of likely N-dealkylation sites (N-methyl/N-ethyl adjacent to an activating group) is 1. The molecule has 2 aliphatic rings. The normalized spacial score (nSPS) is 19.1. The Labute approximate surface area is 190 Å². The number of carbonyl (C=O) groups is 2. The van der Waals surface area contributed by atoms with E-state index in [2.05, 4.69) is 12.2 Å². The summed E-state index contributed by atoms with van der Waals surface area (Å²) in [6, 6.07) is 17.6. The molecule has 0 unspecified atom stereocenters. The van der Waals surface area contributed by atoms with Crippen molar-refractivity contribution in [2.45, 2.75) is 58.0 Å². The summed E-state index contributed by atoms with van der Waals surface area (Å²) in [7, 11) is 1.76. The number of carbonyl (C=O) groups excluding carboxylic acids is 2. The van der Waals surface area contributed by atoms with Gasteiger partial charge in [0.05, 0.1) is 11.4 Å². The summed E-state index contributed by atoms with van der Waals surface area (Å²) < 4.78 is 0. The molecule has 32 heavy (non-hydrogen) atoms. The van der Waals surface area contributed by atoms with Gasteiger partial charge in [-0.3, -0.25) is 9.59 Å². The predicted molar refractivity (Wildman–Crippen MR) is 129 cm³/mol. The van der Waals surface area contributed by atoms with Crippen LogP contribution in [0.3, 0.4) is 0 Å². The van der Waals surface area contributed by atoms with Gasteiger partial charge in [0.1, 0.15) is 0 Å². The van der Waals surface area contributed by atoms with E-state index in [-0.39, 0.29) is 17.7 Å². The van der Waals surface area contributed by atoms with Crippen molar-refractivity contribution in [2.75, 3.05) is 11.9 Å². The van der Waals surface area contributed by atoms with Gasteiger partial charge in [0.2, 0.25) is 12.1 Å². The van der Waals surface area contributed by atoms with Crippen molar-refractivity contribution in [2.24, 2.45) is 16.8 Å². The molecule has 1 aliphatic heterocycles. The van der Waals surface area contributed by atoms with Crippen LogP contribution < -0.4 is 10.2 Å². The smallest absolute Gasteiger partial charge is 0.272 e. The van der Waals surface area contributed by atoms with Crippen LogP contribution >= 0.6 is 0 Å². The number of amides is 2. The zero-order valence-electron chi connectivity index (χ0n) is 19.1. The maximum atomic E-state index is 13.3. The lowest BCUT2D eigenvalue weighted by Gasteiger charge is -2.23. The number of hydrogen-bond donors (Lipinski definition) is 1. The fraction of sp³-hybridized carbons (Fsp3) is 0.444. The Morgan fingerprint density at radius 3 is 2.53 bits per heavy atom. The van der Waals surface area contributed by atoms with Crippen molar-refractivity contribution >= 4 is 23.2 Å². The van der Waals surface area contributed by atoms with Crippen LogP contribution in [0.5, 0.6) is 0 Å². The average Bonchev–Trinajstić information content (AvgIpc) is 3.65. The van der Waals surface area contributed by atoms with Crippen molar-refractivity contribution in [3.63, 3.8) is 0 Å². The largest absolute Gasteiger partial charge is 0.326 e. The molecule has 2 atom stereocenters. The molecule has 5 heteroatoms. The lowest BCUT2D eigenvalue weighted by Crippen LogP contribution is -2.48. The Kier molecular flexibility index (Phi) is 7.03. The third kappa shape index (κ3) is 5.09. The molecule has 2 amide bonds. The van der Waals surface area contributed by atoms with E-state index in [0.29, 0.717) is 5.92 Å². The van der Waals surface area contributed by atoms with Crippen molar-refractivity contribution in [1.82, 2.24) is 5.32 Å². The topological polar surface area (TPSA) is 61.8 Å². The Balaban J connectivity index is 1.63. The maximum Gasteiger partial charge on any atom is 0.272 e. The summed E-state index contributed by atoms with van der Waals surface area (Å²) in [5, 5.41) is 3.02. The van der Waals surface area contributed by atoms with Gasteiger partial charge in [0.15, 0.2) is 0 Å². The van der Waals surface area contributed by atoms with Crippen LogP contribution in [0, 0.1) is 11.8 Å².